The van der Waals surface area contributed by atoms with E-state index in [0.717, 1.165) is 19.4 Å². The van der Waals surface area contributed by atoms with Gasteiger partial charge in [-0.3, -0.25) is 4.79 Å². The van der Waals surface area contributed by atoms with Crippen LogP contribution in [0.4, 0.5) is 0 Å². The van der Waals surface area contributed by atoms with E-state index in [4.69, 9.17) is 5.73 Å². The van der Waals surface area contributed by atoms with E-state index in [1.807, 2.05) is 0 Å². The van der Waals surface area contributed by atoms with Crippen LogP contribution >= 0.6 is 0 Å². The van der Waals surface area contributed by atoms with Gasteiger partial charge in [-0.1, -0.05) is 0 Å². The average Bonchev–Trinajstić information content (AvgIpc) is 2.34. The van der Waals surface area contributed by atoms with Crippen LogP contribution in [-0.4, -0.2) is 49.9 Å². The molecule has 0 bridgehead atoms. The zero-order chi connectivity index (χ0) is 14.1. The number of piperidine rings is 1. The van der Waals surface area contributed by atoms with E-state index >= 15 is 0 Å². The molecule has 0 amide bonds. The van der Waals surface area contributed by atoms with Crippen LogP contribution in [0.3, 0.4) is 0 Å². The third kappa shape index (κ3) is 7.40. The monoisotopic (exact) mass is 258 g/mol. The Balaban J connectivity index is 0.000000494. The van der Waals surface area contributed by atoms with E-state index < -0.39 is 0 Å². The second-order valence-corrected chi connectivity index (χ2v) is 5.00. The number of carbonyl (C=O) groups is 2. The number of rotatable bonds is 3. The largest absolute Gasteiger partial charge is 0.469 e. The summed E-state index contributed by atoms with van der Waals surface area (Å²) in [5, 5.41) is 0. The molecule has 0 radical (unpaired) electrons. The lowest BCUT2D eigenvalue weighted by Gasteiger charge is -2.34. The Morgan fingerprint density at radius 3 is 2.56 bits per heavy atom. The number of nitrogens with two attached hydrogens (primary N) is 1. The summed E-state index contributed by atoms with van der Waals surface area (Å²) < 4.78 is 4.66. The zero-order valence-corrected chi connectivity index (χ0v) is 11.9. The summed E-state index contributed by atoms with van der Waals surface area (Å²) in [5.41, 5.74) is 4.92. The van der Waals surface area contributed by atoms with Gasteiger partial charge in [0.25, 0.3) is 0 Å². The predicted octanol–water partition coefficient (Wildman–Crippen LogP) is 0.812. The van der Waals surface area contributed by atoms with Crippen LogP contribution in [0.5, 0.6) is 0 Å². The van der Waals surface area contributed by atoms with Gasteiger partial charge in [-0.05, 0) is 46.2 Å². The number of carbonyl (C=O) groups excluding carboxylic acids is 2. The molecule has 3 unspecified atom stereocenters. The predicted molar refractivity (Wildman–Crippen MR) is 71.2 cm³/mol. The number of methoxy groups -OCH3 is 1. The van der Waals surface area contributed by atoms with Gasteiger partial charge in [0.1, 0.15) is 6.29 Å². The van der Waals surface area contributed by atoms with Gasteiger partial charge >= 0.3 is 5.97 Å². The molecular weight excluding hydrogens is 232 g/mol. The number of esters is 1. The molecule has 0 aromatic heterocycles. The van der Waals surface area contributed by atoms with Crippen molar-refractivity contribution < 1.29 is 14.3 Å². The normalized spacial score (nSPS) is 25.6. The smallest absolute Gasteiger partial charge is 0.305 e. The molecule has 3 atom stereocenters. The molecule has 2 N–H and O–H groups in total. The Labute approximate surface area is 110 Å². The van der Waals surface area contributed by atoms with Gasteiger partial charge in [0.05, 0.1) is 13.2 Å². The molecule has 18 heavy (non-hydrogen) atoms. The number of likely N-dealkylation sites (tertiary alicyclic amines) is 1. The lowest BCUT2D eigenvalue weighted by atomic mass is 9.89. The third-order valence-corrected chi connectivity index (χ3v) is 3.21. The highest BCUT2D eigenvalue weighted by atomic mass is 16.5. The van der Waals surface area contributed by atoms with Crippen molar-refractivity contribution in [1.82, 2.24) is 4.90 Å². The highest BCUT2D eigenvalue weighted by Crippen LogP contribution is 2.24. The van der Waals surface area contributed by atoms with E-state index in [9.17, 15) is 9.59 Å². The van der Waals surface area contributed by atoms with Crippen LogP contribution < -0.4 is 5.73 Å². The molecule has 1 aliphatic heterocycles. The topological polar surface area (TPSA) is 72.6 Å². The minimum Gasteiger partial charge on any atom is -0.469 e. The van der Waals surface area contributed by atoms with E-state index in [0.29, 0.717) is 24.7 Å². The highest BCUT2D eigenvalue weighted by molar-refractivity contribution is 5.69. The summed E-state index contributed by atoms with van der Waals surface area (Å²) in [5.74, 6) is 0.459. The lowest BCUT2D eigenvalue weighted by molar-refractivity contribution is -0.142. The first kappa shape index (κ1) is 17.1. The van der Waals surface area contributed by atoms with Crippen molar-refractivity contribution in [3.8, 4) is 0 Å². The van der Waals surface area contributed by atoms with Crippen LogP contribution in [0.2, 0.25) is 0 Å². The van der Waals surface area contributed by atoms with Gasteiger partial charge in [-0.25, -0.2) is 0 Å². The van der Waals surface area contributed by atoms with Gasteiger partial charge in [0, 0.05) is 12.5 Å². The van der Waals surface area contributed by atoms with Crippen molar-refractivity contribution in [2.75, 3.05) is 20.7 Å². The highest BCUT2D eigenvalue weighted by Gasteiger charge is 2.24. The summed E-state index contributed by atoms with van der Waals surface area (Å²) in [4.78, 5) is 22.8. The maximum atomic E-state index is 11.0. The van der Waals surface area contributed by atoms with E-state index in [2.05, 4.69) is 23.6 Å². The van der Waals surface area contributed by atoms with Crippen LogP contribution in [0.25, 0.3) is 0 Å². The fourth-order valence-corrected chi connectivity index (χ4v) is 1.89. The molecule has 1 heterocycles. The molecule has 0 aromatic rings. The first-order valence-electron chi connectivity index (χ1n) is 6.38. The summed E-state index contributed by atoms with van der Waals surface area (Å²) in [6, 6.07) is 0.304. The van der Waals surface area contributed by atoms with Gasteiger partial charge in [-0.2, -0.15) is 0 Å². The molecule has 5 heteroatoms. The van der Waals surface area contributed by atoms with E-state index in [1.165, 1.54) is 7.11 Å². The molecule has 0 saturated carbocycles. The van der Waals surface area contributed by atoms with E-state index in [-0.39, 0.29) is 12.0 Å². The second-order valence-electron chi connectivity index (χ2n) is 5.00. The molecular formula is C13H26N2O3. The van der Waals surface area contributed by atoms with Crippen molar-refractivity contribution in [2.24, 2.45) is 11.7 Å². The average molecular weight is 258 g/mol. The Hall–Kier alpha value is -0.940. The molecule has 0 aromatic carbocycles. The Morgan fingerprint density at radius 2 is 2.17 bits per heavy atom. The molecule has 0 aliphatic carbocycles. The minimum absolute atomic E-state index is 0.0678. The van der Waals surface area contributed by atoms with Crippen molar-refractivity contribution in [2.45, 2.75) is 45.2 Å². The second kappa shape index (κ2) is 9.05. The maximum Gasteiger partial charge on any atom is 0.305 e. The standard InChI is InChI=1S/C10H19NO2.C3H7NO/c1-8-6-9(4-5-11(8)2)7-10(12)13-3;1-3(4)2-5/h8-9H,4-7H2,1-3H3;2-3H,4H2,1H3. The van der Waals surface area contributed by atoms with E-state index in [1.54, 1.807) is 6.92 Å². The fraction of sp³-hybridized carbons (Fsp3) is 0.846. The SMILES string of the molecule is CC(N)C=O.COC(=O)CC1CCN(C)C(C)C1. The lowest BCUT2D eigenvalue weighted by Crippen LogP contribution is -2.38. The van der Waals surface area contributed by atoms with Crippen LogP contribution in [0.1, 0.15) is 33.1 Å². The molecule has 1 rings (SSSR count). The Kier molecular flexibility index (Phi) is 8.58. The maximum absolute atomic E-state index is 11.0. The summed E-state index contributed by atoms with van der Waals surface area (Å²) in [6.07, 6.45) is 3.52. The molecule has 1 aliphatic rings. The van der Waals surface area contributed by atoms with Crippen molar-refractivity contribution in [3.05, 3.63) is 0 Å². The Morgan fingerprint density at radius 1 is 1.61 bits per heavy atom. The molecule has 5 nitrogen and oxygen atoms in total. The number of hydrogen-bond acceptors (Lipinski definition) is 5. The molecule has 1 fully saturated rings. The van der Waals surface area contributed by atoms with Crippen molar-refractivity contribution >= 4 is 12.3 Å². The quantitative estimate of drug-likeness (QED) is 0.599. The zero-order valence-electron chi connectivity index (χ0n) is 11.9. The minimum atomic E-state index is -0.296. The number of ether oxygens (including phenoxy) is 1. The van der Waals surface area contributed by atoms with Gasteiger partial charge < -0.3 is 20.2 Å². The summed E-state index contributed by atoms with van der Waals surface area (Å²) >= 11 is 0. The first-order chi connectivity index (χ1) is 8.40. The first-order valence-corrected chi connectivity index (χ1v) is 6.38. The van der Waals surface area contributed by atoms with Crippen molar-refractivity contribution in [3.63, 3.8) is 0 Å². The van der Waals surface area contributed by atoms with Gasteiger partial charge in [0.15, 0.2) is 0 Å². The fourth-order valence-electron chi connectivity index (χ4n) is 1.89. The number of aldehydes is 1. The Bertz CT molecular complexity index is 257. The van der Waals surface area contributed by atoms with Crippen molar-refractivity contribution in [1.29, 1.82) is 0 Å². The molecule has 0 spiro atoms. The third-order valence-electron chi connectivity index (χ3n) is 3.21. The summed E-state index contributed by atoms with van der Waals surface area (Å²) in [7, 11) is 3.60. The number of hydrogen-bond donors (Lipinski definition) is 1. The number of nitrogens with zero attached hydrogens (tertiary/aromatic N) is 1. The molecule has 106 valence electrons. The van der Waals surface area contributed by atoms with Gasteiger partial charge in [-0.15, -0.1) is 0 Å². The van der Waals surface area contributed by atoms with Crippen LogP contribution in [-0.2, 0) is 14.3 Å². The van der Waals surface area contributed by atoms with Crippen LogP contribution in [0.15, 0.2) is 0 Å². The van der Waals surface area contributed by atoms with Gasteiger partial charge in [0.2, 0.25) is 0 Å². The van der Waals surface area contributed by atoms with Crippen LogP contribution in [0, 0.1) is 5.92 Å². The summed E-state index contributed by atoms with van der Waals surface area (Å²) in [6.45, 7) is 4.94. The molecule has 1 saturated heterocycles.